The fourth-order valence-electron chi connectivity index (χ4n) is 3.11. The van der Waals surface area contributed by atoms with Gasteiger partial charge in [-0.3, -0.25) is 4.79 Å². The highest BCUT2D eigenvalue weighted by Gasteiger charge is 2.35. The van der Waals surface area contributed by atoms with Crippen LogP contribution in [0.25, 0.3) is 0 Å². The van der Waals surface area contributed by atoms with Crippen molar-refractivity contribution in [1.82, 2.24) is 0 Å². The number of carbonyl (C=O) groups excluding carboxylic acids is 1. The van der Waals surface area contributed by atoms with Gasteiger partial charge < -0.3 is 10.4 Å². The van der Waals surface area contributed by atoms with Crippen molar-refractivity contribution in [2.75, 3.05) is 11.1 Å². The molecule has 3 rings (SSSR count). The van der Waals surface area contributed by atoms with Gasteiger partial charge in [0, 0.05) is 16.3 Å². The van der Waals surface area contributed by atoms with Crippen LogP contribution < -0.4 is 5.32 Å². The number of nitrogens with one attached hydrogen (secondary N) is 1. The van der Waals surface area contributed by atoms with Gasteiger partial charge in [0.2, 0.25) is 0 Å². The van der Waals surface area contributed by atoms with Crippen LogP contribution in [0.15, 0.2) is 77.7 Å². The summed E-state index contributed by atoms with van der Waals surface area (Å²) in [4.78, 5) is 13.5. The van der Waals surface area contributed by atoms with E-state index in [1.165, 1.54) is 30.8 Å². The zero-order valence-electron chi connectivity index (χ0n) is 17.7. The molecule has 0 aliphatic heterocycles. The molecule has 0 radical (unpaired) electrons. The van der Waals surface area contributed by atoms with Crippen molar-refractivity contribution in [3.63, 3.8) is 0 Å². The molecule has 1 unspecified atom stereocenters. The number of hydrogen-bond donors (Lipinski definition) is 2. The predicted molar refractivity (Wildman–Crippen MR) is 122 cm³/mol. The van der Waals surface area contributed by atoms with E-state index in [4.69, 9.17) is 5.26 Å². The van der Waals surface area contributed by atoms with Crippen molar-refractivity contribution in [2.45, 2.75) is 30.0 Å². The monoisotopic (exact) mass is 470 g/mol. The highest BCUT2D eigenvalue weighted by Crippen LogP contribution is 2.34. The third-order valence-corrected chi connectivity index (χ3v) is 6.33. The first-order valence-electron chi connectivity index (χ1n) is 10.00. The fraction of sp³-hybridized carbons (Fsp3) is 0.200. The number of nitrogens with zero attached hydrogens (tertiary/aromatic N) is 1. The lowest BCUT2D eigenvalue weighted by Crippen LogP contribution is -2.42. The van der Waals surface area contributed by atoms with Crippen LogP contribution in [0.2, 0.25) is 0 Å². The second-order valence-corrected chi connectivity index (χ2v) is 8.67. The van der Waals surface area contributed by atoms with Crippen LogP contribution in [0.1, 0.15) is 29.2 Å². The number of benzene rings is 3. The van der Waals surface area contributed by atoms with Crippen LogP contribution >= 0.6 is 11.8 Å². The Bertz CT molecular complexity index is 1170. The van der Waals surface area contributed by atoms with E-state index in [2.05, 4.69) is 5.32 Å². The number of halogens is 3. The predicted octanol–water partition coefficient (Wildman–Crippen LogP) is 5.65. The Morgan fingerprint density at radius 1 is 1.06 bits per heavy atom. The quantitative estimate of drug-likeness (QED) is 0.438. The van der Waals surface area contributed by atoms with Gasteiger partial charge in [-0.1, -0.05) is 48.5 Å². The molecular formula is C25H21F3N2O2S. The average molecular weight is 471 g/mol. The largest absolute Gasteiger partial charge is 0.417 e. The van der Waals surface area contributed by atoms with Crippen LogP contribution in [0.5, 0.6) is 0 Å². The van der Waals surface area contributed by atoms with Crippen LogP contribution in [-0.4, -0.2) is 22.4 Å². The molecule has 0 saturated carbocycles. The summed E-state index contributed by atoms with van der Waals surface area (Å²) in [5.74, 6) is -0.846. The summed E-state index contributed by atoms with van der Waals surface area (Å²) in [6, 6.07) is 21.9. The third-order valence-electron chi connectivity index (χ3n) is 4.91. The molecule has 2 N–H and O–H groups in total. The maximum Gasteiger partial charge on any atom is 0.417 e. The normalized spacial score (nSPS) is 13.1. The Morgan fingerprint density at radius 2 is 1.73 bits per heavy atom. The van der Waals surface area contributed by atoms with E-state index in [-0.39, 0.29) is 11.4 Å². The minimum absolute atomic E-state index is 0.00690. The number of hydrogen-bond acceptors (Lipinski definition) is 4. The smallest absolute Gasteiger partial charge is 0.379 e. The second kappa shape index (κ2) is 10.1. The van der Waals surface area contributed by atoms with Crippen molar-refractivity contribution in [3.05, 3.63) is 95.1 Å². The molecule has 0 spiro atoms. The molecule has 1 atom stereocenters. The molecule has 170 valence electrons. The van der Waals surface area contributed by atoms with E-state index >= 15 is 0 Å². The molecule has 3 aromatic rings. The number of amides is 1. The van der Waals surface area contributed by atoms with E-state index in [0.717, 1.165) is 22.1 Å². The Kier molecular flexibility index (Phi) is 7.46. The number of anilines is 1. The number of nitriles is 1. The zero-order chi connectivity index (χ0) is 24.1. The lowest BCUT2D eigenvalue weighted by molar-refractivity contribution is -0.137. The van der Waals surface area contributed by atoms with Crippen LogP contribution in [-0.2, 0) is 17.4 Å². The number of rotatable bonds is 7. The van der Waals surface area contributed by atoms with E-state index in [0.29, 0.717) is 12.5 Å². The van der Waals surface area contributed by atoms with E-state index in [9.17, 15) is 23.1 Å². The van der Waals surface area contributed by atoms with Gasteiger partial charge in [0.1, 0.15) is 5.60 Å². The first-order chi connectivity index (χ1) is 15.6. The first-order valence-corrected chi connectivity index (χ1v) is 11.0. The SMILES string of the molecule is CC(O)(CSc1ccccc1Cc1ccccc1)C(=O)Nc1ccc(C#N)c(C(F)(F)F)c1. The standard InChI is InChI=1S/C25H21F3N2O2S/c1-24(32,23(31)30-20-12-11-19(15-29)21(14-20)25(26,27)28)16-33-22-10-6-5-9-18(22)13-17-7-3-2-4-8-17/h2-12,14,32H,13,16H2,1H3,(H,30,31). The minimum Gasteiger partial charge on any atom is -0.379 e. The molecule has 0 aliphatic rings. The summed E-state index contributed by atoms with van der Waals surface area (Å²) in [5, 5.41) is 21.9. The molecule has 1 amide bonds. The summed E-state index contributed by atoms with van der Waals surface area (Å²) in [7, 11) is 0. The van der Waals surface area contributed by atoms with Crippen molar-refractivity contribution < 1.29 is 23.1 Å². The van der Waals surface area contributed by atoms with Crippen molar-refractivity contribution in [2.24, 2.45) is 0 Å². The molecule has 4 nitrogen and oxygen atoms in total. The Labute approximate surface area is 194 Å². The fourth-order valence-corrected chi connectivity index (χ4v) is 4.18. The van der Waals surface area contributed by atoms with E-state index in [1.807, 2.05) is 54.6 Å². The highest BCUT2D eigenvalue weighted by molar-refractivity contribution is 7.99. The molecule has 0 aromatic heterocycles. The molecule has 0 heterocycles. The number of carbonyl (C=O) groups is 1. The van der Waals surface area contributed by atoms with Crippen LogP contribution in [0.4, 0.5) is 18.9 Å². The third kappa shape index (κ3) is 6.37. The lowest BCUT2D eigenvalue weighted by atomic mass is 10.1. The summed E-state index contributed by atoms with van der Waals surface area (Å²) >= 11 is 1.29. The van der Waals surface area contributed by atoms with Gasteiger partial charge >= 0.3 is 6.18 Å². The van der Waals surface area contributed by atoms with Crippen molar-refractivity contribution in [3.8, 4) is 6.07 Å². The highest BCUT2D eigenvalue weighted by atomic mass is 32.2. The molecule has 0 bridgehead atoms. The first kappa shape index (κ1) is 24.4. The van der Waals surface area contributed by atoms with Gasteiger partial charge in [0.25, 0.3) is 5.91 Å². The molecule has 3 aromatic carbocycles. The number of aliphatic hydroxyl groups is 1. The van der Waals surface area contributed by atoms with Gasteiger partial charge in [-0.2, -0.15) is 18.4 Å². The molecule has 8 heteroatoms. The Balaban J connectivity index is 1.71. The molecule has 0 fully saturated rings. The van der Waals surface area contributed by atoms with Crippen LogP contribution in [0, 0.1) is 11.3 Å². The average Bonchev–Trinajstić information content (AvgIpc) is 2.78. The van der Waals surface area contributed by atoms with Gasteiger partial charge in [-0.25, -0.2) is 0 Å². The molecule has 0 saturated heterocycles. The summed E-state index contributed by atoms with van der Waals surface area (Å²) < 4.78 is 39.5. The van der Waals surface area contributed by atoms with E-state index in [1.54, 1.807) is 0 Å². The summed E-state index contributed by atoms with van der Waals surface area (Å²) in [5.41, 5.74) is -1.54. The minimum atomic E-state index is -4.74. The molecule has 33 heavy (non-hydrogen) atoms. The lowest BCUT2D eigenvalue weighted by Gasteiger charge is -2.23. The van der Waals surface area contributed by atoms with Gasteiger partial charge in [0.15, 0.2) is 0 Å². The number of alkyl halides is 3. The van der Waals surface area contributed by atoms with Gasteiger partial charge in [0.05, 0.1) is 17.2 Å². The second-order valence-electron chi connectivity index (χ2n) is 7.66. The molecular weight excluding hydrogens is 449 g/mol. The van der Waals surface area contributed by atoms with Gasteiger partial charge in [-0.15, -0.1) is 11.8 Å². The topological polar surface area (TPSA) is 73.1 Å². The maximum absolute atomic E-state index is 13.2. The Hall–Kier alpha value is -3.28. The van der Waals surface area contributed by atoms with Crippen LogP contribution in [0.3, 0.4) is 0 Å². The Morgan fingerprint density at radius 3 is 2.39 bits per heavy atom. The zero-order valence-corrected chi connectivity index (χ0v) is 18.5. The van der Waals surface area contributed by atoms with Crippen molar-refractivity contribution >= 4 is 23.4 Å². The number of thioether (sulfide) groups is 1. The maximum atomic E-state index is 13.2. The summed E-state index contributed by atoms with van der Waals surface area (Å²) in [6.45, 7) is 1.31. The summed E-state index contributed by atoms with van der Waals surface area (Å²) in [6.07, 6.45) is -4.06. The molecule has 0 aliphatic carbocycles. The van der Waals surface area contributed by atoms with Gasteiger partial charge in [-0.05, 0) is 48.7 Å². The van der Waals surface area contributed by atoms with Crippen molar-refractivity contribution in [1.29, 1.82) is 5.26 Å². The van der Waals surface area contributed by atoms with E-state index < -0.39 is 28.8 Å².